The summed E-state index contributed by atoms with van der Waals surface area (Å²) in [4.78, 5) is 2.52. The van der Waals surface area contributed by atoms with Gasteiger partial charge in [0.25, 0.3) is 10.0 Å². The summed E-state index contributed by atoms with van der Waals surface area (Å²) in [6.07, 6.45) is 0. The van der Waals surface area contributed by atoms with Crippen molar-refractivity contribution >= 4 is 21.7 Å². The predicted octanol–water partition coefficient (Wildman–Crippen LogP) is 1.64. The van der Waals surface area contributed by atoms with Gasteiger partial charge in [-0.3, -0.25) is 9.62 Å². The Labute approximate surface area is 160 Å². The number of hydrogen-bond donors (Lipinski definition) is 2. The Morgan fingerprint density at radius 3 is 2.41 bits per heavy atom. The average Bonchev–Trinajstić information content (AvgIpc) is 2.66. The number of anilines is 2. The Balaban J connectivity index is 1.55. The number of sulfonamides is 1. The lowest BCUT2D eigenvalue weighted by Gasteiger charge is -2.26. The molecule has 0 amide bonds. The van der Waals surface area contributed by atoms with E-state index in [0.29, 0.717) is 5.82 Å². The van der Waals surface area contributed by atoms with E-state index in [1.807, 2.05) is 13.8 Å². The molecule has 0 radical (unpaired) electrons. The fourth-order valence-electron chi connectivity index (χ4n) is 2.73. The fraction of sp³-hybridized carbons (Fsp3) is 0.444. The molecular formula is C18H25N5O3S. The summed E-state index contributed by atoms with van der Waals surface area (Å²) < 4.78 is 32.8. The van der Waals surface area contributed by atoms with Gasteiger partial charge in [-0.1, -0.05) is 6.07 Å². The van der Waals surface area contributed by atoms with E-state index < -0.39 is 10.0 Å². The van der Waals surface area contributed by atoms with E-state index in [2.05, 4.69) is 25.1 Å². The summed E-state index contributed by atoms with van der Waals surface area (Å²) in [5, 5.41) is 11.2. The highest BCUT2D eigenvalue weighted by atomic mass is 32.2. The number of morpholine rings is 1. The average molecular weight is 391 g/mol. The van der Waals surface area contributed by atoms with Crippen LogP contribution in [0.1, 0.15) is 11.1 Å². The number of hydrogen-bond acceptors (Lipinski definition) is 7. The molecule has 1 aliphatic heterocycles. The number of ether oxygens (including phenoxy) is 1. The summed E-state index contributed by atoms with van der Waals surface area (Å²) in [7, 11) is -3.69. The molecule has 9 heteroatoms. The van der Waals surface area contributed by atoms with E-state index >= 15 is 0 Å². The lowest BCUT2D eigenvalue weighted by Crippen LogP contribution is -2.39. The Hall–Kier alpha value is -2.23. The molecular weight excluding hydrogens is 366 g/mol. The lowest BCUT2D eigenvalue weighted by atomic mass is 10.1. The van der Waals surface area contributed by atoms with Gasteiger partial charge in [0, 0.05) is 26.2 Å². The van der Waals surface area contributed by atoms with Crippen LogP contribution in [0.5, 0.6) is 0 Å². The second kappa shape index (κ2) is 8.64. The molecule has 0 atom stereocenters. The zero-order valence-corrected chi connectivity index (χ0v) is 16.4. The zero-order valence-electron chi connectivity index (χ0n) is 15.6. The first-order valence-corrected chi connectivity index (χ1v) is 10.4. The van der Waals surface area contributed by atoms with E-state index in [0.717, 1.165) is 50.5 Å². The molecule has 2 heterocycles. The lowest BCUT2D eigenvalue weighted by molar-refractivity contribution is 0.0398. The van der Waals surface area contributed by atoms with Gasteiger partial charge >= 0.3 is 0 Å². The first-order valence-electron chi connectivity index (χ1n) is 8.92. The standard InChI is InChI=1S/C18H25N5O3S/c1-14-3-4-16(13-15(14)2)27(24,25)22-18-6-5-17(20-21-18)19-7-8-23-9-11-26-12-10-23/h3-6,13H,7-12H2,1-2H3,(H,19,20)(H,21,22). The van der Waals surface area contributed by atoms with Crippen molar-refractivity contribution in [3.8, 4) is 0 Å². The van der Waals surface area contributed by atoms with Crippen LogP contribution < -0.4 is 10.0 Å². The molecule has 1 aromatic carbocycles. The quantitative estimate of drug-likeness (QED) is 0.741. The van der Waals surface area contributed by atoms with Crippen molar-refractivity contribution in [2.75, 3.05) is 49.4 Å². The van der Waals surface area contributed by atoms with Gasteiger partial charge in [-0.15, -0.1) is 10.2 Å². The maximum atomic E-state index is 12.5. The highest BCUT2D eigenvalue weighted by Crippen LogP contribution is 2.18. The number of benzene rings is 1. The topological polar surface area (TPSA) is 96.5 Å². The van der Waals surface area contributed by atoms with E-state index in [9.17, 15) is 8.42 Å². The third-order valence-electron chi connectivity index (χ3n) is 4.53. The van der Waals surface area contributed by atoms with E-state index in [1.54, 1.807) is 30.3 Å². The second-order valence-corrected chi connectivity index (χ2v) is 8.22. The maximum absolute atomic E-state index is 12.5. The van der Waals surface area contributed by atoms with Crippen molar-refractivity contribution in [1.82, 2.24) is 15.1 Å². The molecule has 27 heavy (non-hydrogen) atoms. The van der Waals surface area contributed by atoms with Gasteiger partial charge in [0.2, 0.25) is 0 Å². The number of aryl methyl sites for hydroxylation is 2. The van der Waals surface area contributed by atoms with Crippen molar-refractivity contribution in [1.29, 1.82) is 0 Å². The van der Waals surface area contributed by atoms with Crippen LogP contribution in [0, 0.1) is 13.8 Å². The van der Waals surface area contributed by atoms with Crippen LogP contribution in [0.2, 0.25) is 0 Å². The highest BCUT2D eigenvalue weighted by molar-refractivity contribution is 7.92. The van der Waals surface area contributed by atoms with Crippen molar-refractivity contribution in [2.45, 2.75) is 18.7 Å². The maximum Gasteiger partial charge on any atom is 0.263 e. The van der Waals surface area contributed by atoms with Crippen LogP contribution in [0.3, 0.4) is 0 Å². The molecule has 1 aliphatic rings. The SMILES string of the molecule is Cc1ccc(S(=O)(=O)Nc2ccc(NCCN3CCOCC3)nn2)cc1C. The highest BCUT2D eigenvalue weighted by Gasteiger charge is 2.16. The molecule has 2 aromatic rings. The van der Waals surface area contributed by atoms with Crippen LogP contribution in [-0.4, -0.2) is 62.9 Å². The molecule has 0 bridgehead atoms. The third-order valence-corrected chi connectivity index (χ3v) is 5.88. The molecule has 8 nitrogen and oxygen atoms in total. The molecule has 1 aromatic heterocycles. The summed E-state index contributed by atoms with van der Waals surface area (Å²) in [6, 6.07) is 8.33. The normalized spacial score (nSPS) is 15.5. The van der Waals surface area contributed by atoms with Crippen LogP contribution in [0.25, 0.3) is 0 Å². The van der Waals surface area contributed by atoms with Gasteiger partial charge in [0.15, 0.2) is 5.82 Å². The first-order chi connectivity index (χ1) is 12.9. The monoisotopic (exact) mass is 391 g/mol. The third kappa shape index (κ3) is 5.38. The van der Waals surface area contributed by atoms with Crippen LogP contribution >= 0.6 is 0 Å². The summed E-state index contributed by atoms with van der Waals surface area (Å²) in [5.74, 6) is 0.796. The number of aromatic nitrogens is 2. The van der Waals surface area contributed by atoms with Crippen LogP contribution in [0.4, 0.5) is 11.6 Å². The van der Waals surface area contributed by atoms with Crippen molar-refractivity contribution < 1.29 is 13.2 Å². The van der Waals surface area contributed by atoms with E-state index in [-0.39, 0.29) is 10.7 Å². The Morgan fingerprint density at radius 2 is 1.74 bits per heavy atom. The van der Waals surface area contributed by atoms with E-state index in [1.165, 1.54) is 0 Å². The van der Waals surface area contributed by atoms with Crippen molar-refractivity contribution in [2.24, 2.45) is 0 Å². The number of nitrogens with one attached hydrogen (secondary N) is 2. The van der Waals surface area contributed by atoms with Gasteiger partial charge in [0.1, 0.15) is 5.82 Å². The van der Waals surface area contributed by atoms with Crippen LogP contribution in [0.15, 0.2) is 35.2 Å². The number of rotatable bonds is 7. The first kappa shape index (κ1) is 19.5. The van der Waals surface area contributed by atoms with Gasteiger partial charge < -0.3 is 10.1 Å². The molecule has 2 N–H and O–H groups in total. The van der Waals surface area contributed by atoms with Gasteiger partial charge in [0.05, 0.1) is 18.1 Å². The summed E-state index contributed by atoms with van der Waals surface area (Å²) >= 11 is 0. The number of nitrogens with zero attached hydrogens (tertiary/aromatic N) is 3. The smallest absolute Gasteiger partial charge is 0.263 e. The molecule has 0 saturated carbocycles. The second-order valence-electron chi connectivity index (χ2n) is 6.54. The van der Waals surface area contributed by atoms with Gasteiger partial charge in [-0.2, -0.15) is 0 Å². The molecule has 3 rings (SSSR count). The molecule has 1 fully saturated rings. The summed E-state index contributed by atoms with van der Waals surface area (Å²) in [6.45, 7) is 8.87. The van der Waals surface area contributed by atoms with Gasteiger partial charge in [-0.05, 0) is 49.2 Å². The Kier molecular flexibility index (Phi) is 6.25. The zero-order chi connectivity index (χ0) is 19.3. The minimum absolute atomic E-state index is 0.187. The van der Waals surface area contributed by atoms with Crippen molar-refractivity contribution in [3.63, 3.8) is 0 Å². The van der Waals surface area contributed by atoms with Crippen LogP contribution in [-0.2, 0) is 14.8 Å². The molecule has 146 valence electrons. The van der Waals surface area contributed by atoms with Gasteiger partial charge in [-0.25, -0.2) is 8.42 Å². The molecule has 0 spiro atoms. The Bertz CT molecular complexity index is 865. The van der Waals surface area contributed by atoms with Crippen molar-refractivity contribution in [3.05, 3.63) is 41.5 Å². The minimum Gasteiger partial charge on any atom is -0.379 e. The minimum atomic E-state index is -3.69. The molecule has 0 unspecified atom stereocenters. The largest absolute Gasteiger partial charge is 0.379 e. The van der Waals surface area contributed by atoms with E-state index in [4.69, 9.17) is 4.74 Å². The molecule has 1 saturated heterocycles. The molecule has 0 aliphatic carbocycles. The Morgan fingerprint density at radius 1 is 1.04 bits per heavy atom. The predicted molar refractivity (Wildman–Crippen MR) is 105 cm³/mol. The summed E-state index contributed by atoms with van der Waals surface area (Å²) in [5.41, 5.74) is 1.96. The fourth-order valence-corrected chi connectivity index (χ4v) is 3.81.